The molecule has 2 heteroatoms. The van der Waals surface area contributed by atoms with Gasteiger partial charge in [0.1, 0.15) is 0 Å². The molecule has 0 aromatic heterocycles. The van der Waals surface area contributed by atoms with E-state index in [2.05, 4.69) is 55.4 Å². The van der Waals surface area contributed by atoms with Gasteiger partial charge in [0.15, 0.2) is 0 Å². The molecule has 0 radical (unpaired) electrons. The first-order valence-corrected chi connectivity index (χ1v) is 11.1. The monoisotopic (exact) mass is 308 g/mol. The number of ether oxygens (including phenoxy) is 1. The van der Waals surface area contributed by atoms with Crippen LogP contribution in [-0.4, -0.2) is 20.8 Å². The van der Waals surface area contributed by atoms with E-state index in [4.69, 9.17) is 4.74 Å². The molecule has 122 valence electrons. The quantitative estimate of drug-likeness (QED) is 0.580. The standard InChI is InChI=1S/C19H36OSi/c1-17(2,3)21(18(4,5)6)15-12-10-13(16(15)21)14(11-12)19(7,8)20-9/h12-16H,10-11H2,1-9H3/t12-,13+,14-,15-,16+/m0/s1. The minimum Gasteiger partial charge on any atom is -0.379 e. The van der Waals surface area contributed by atoms with E-state index in [0.717, 1.165) is 28.8 Å². The molecule has 2 aliphatic carbocycles. The second-order valence-corrected chi connectivity index (χ2v) is 16.8. The molecule has 1 nitrogen and oxygen atoms in total. The molecule has 2 saturated carbocycles. The third-order valence-corrected chi connectivity index (χ3v) is 16.1. The molecule has 3 rings (SSSR count). The van der Waals surface area contributed by atoms with Crippen LogP contribution in [0, 0.1) is 17.8 Å². The van der Waals surface area contributed by atoms with Gasteiger partial charge >= 0.3 is 0 Å². The maximum absolute atomic E-state index is 5.90. The molecule has 1 heterocycles. The Morgan fingerprint density at radius 3 is 1.76 bits per heavy atom. The van der Waals surface area contributed by atoms with Gasteiger partial charge in [-0.25, -0.2) is 0 Å². The van der Waals surface area contributed by atoms with Gasteiger partial charge in [-0.3, -0.25) is 0 Å². The SMILES string of the molecule is COC(C)(C)[C@H]1C[C@@H]2C[C@H]1[C@@H]1[C@H]2[Si]1(C(C)(C)C)C(C)(C)C. The van der Waals surface area contributed by atoms with E-state index in [1.807, 2.05) is 7.11 Å². The van der Waals surface area contributed by atoms with Crippen molar-refractivity contribution >= 4 is 8.07 Å². The van der Waals surface area contributed by atoms with Crippen molar-refractivity contribution in [2.45, 2.75) is 95.0 Å². The van der Waals surface area contributed by atoms with Gasteiger partial charge < -0.3 is 4.74 Å². The Hall–Kier alpha value is 0.177. The molecule has 0 aromatic carbocycles. The van der Waals surface area contributed by atoms with Gasteiger partial charge in [0.2, 0.25) is 0 Å². The summed E-state index contributed by atoms with van der Waals surface area (Å²) in [7, 11) is 0.656. The number of hydrogen-bond donors (Lipinski definition) is 0. The summed E-state index contributed by atoms with van der Waals surface area (Å²) in [4.78, 5) is 0. The fourth-order valence-electron chi connectivity index (χ4n) is 7.59. The summed E-state index contributed by atoms with van der Waals surface area (Å²) in [6.07, 6.45) is 2.95. The van der Waals surface area contributed by atoms with Crippen molar-refractivity contribution in [3.05, 3.63) is 0 Å². The predicted octanol–water partition coefficient (Wildman–Crippen LogP) is 5.87. The Morgan fingerprint density at radius 2 is 1.33 bits per heavy atom. The third-order valence-electron chi connectivity index (χ3n) is 7.85. The minimum atomic E-state index is -1.26. The molecule has 0 amide bonds. The van der Waals surface area contributed by atoms with E-state index >= 15 is 0 Å². The van der Waals surface area contributed by atoms with Crippen LogP contribution < -0.4 is 0 Å². The normalized spacial score (nSPS) is 41.3. The van der Waals surface area contributed by atoms with Crippen molar-refractivity contribution in [2.24, 2.45) is 17.8 Å². The maximum Gasteiger partial charge on any atom is 0.0711 e. The highest BCUT2D eigenvalue weighted by Crippen LogP contribution is 2.89. The molecule has 3 aliphatic rings. The highest BCUT2D eigenvalue weighted by Gasteiger charge is 2.84. The average Bonchev–Trinajstić information content (AvgIpc) is 2.74. The van der Waals surface area contributed by atoms with E-state index in [1.54, 1.807) is 0 Å². The van der Waals surface area contributed by atoms with Crippen LogP contribution >= 0.6 is 0 Å². The molecule has 1 aliphatic heterocycles. The second kappa shape index (κ2) is 4.17. The molecular formula is C19H36OSi. The molecule has 0 N–H and O–H groups in total. The van der Waals surface area contributed by atoms with Crippen molar-refractivity contribution in [1.82, 2.24) is 0 Å². The molecule has 5 atom stereocenters. The molecule has 21 heavy (non-hydrogen) atoms. The van der Waals surface area contributed by atoms with Gasteiger partial charge in [0, 0.05) is 7.11 Å². The van der Waals surface area contributed by atoms with Gasteiger partial charge in [-0.05, 0) is 65.6 Å². The zero-order valence-corrected chi connectivity index (χ0v) is 16.7. The van der Waals surface area contributed by atoms with Crippen molar-refractivity contribution in [2.75, 3.05) is 7.11 Å². The largest absolute Gasteiger partial charge is 0.379 e. The lowest BCUT2D eigenvalue weighted by atomic mass is 9.78. The highest BCUT2D eigenvalue weighted by atomic mass is 28.3. The Labute approximate surface area is 133 Å². The summed E-state index contributed by atoms with van der Waals surface area (Å²) < 4.78 is 5.90. The Balaban J connectivity index is 1.97. The maximum atomic E-state index is 5.90. The lowest BCUT2D eigenvalue weighted by Gasteiger charge is -2.45. The summed E-state index contributed by atoms with van der Waals surface area (Å²) in [5.41, 5.74) is 2.27. The van der Waals surface area contributed by atoms with Gasteiger partial charge in [-0.2, -0.15) is 0 Å². The molecule has 1 saturated heterocycles. The summed E-state index contributed by atoms with van der Waals surface area (Å²) in [6.45, 7) is 20.0. The van der Waals surface area contributed by atoms with Crippen LogP contribution in [0.4, 0.5) is 0 Å². The van der Waals surface area contributed by atoms with Gasteiger partial charge in [0.25, 0.3) is 0 Å². The Bertz CT molecular complexity index is 425. The Morgan fingerprint density at radius 1 is 0.810 bits per heavy atom. The van der Waals surface area contributed by atoms with Crippen molar-refractivity contribution in [3.8, 4) is 0 Å². The number of hydrogen-bond acceptors (Lipinski definition) is 1. The van der Waals surface area contributed by atoms with Crippen LogP contribution in [0.1, 0.15) is 68.2 Å². The van der Waals surface area contributed by atoms with Crippen LogP contribution in [0.2, 0.25) is 21.2 Å². The van der Waals surface area contributed by atoms with E-state index in [0.29, 0.717) is 10.1 Å². The zero-order chi connectivity index (χ0) is 16.0. The average molecular weight is 309 g/mol. The first-order valence-electron chi connectivity index (χ1n) is 8.94. The summed E-state index contributed by atoms with van der Waals surface area (Å²) in [6, 6.07) is 0. The van der Waals surface area contributed by atoms with Crippen molar-refractivity contribution < 1.29 is 4.74 Å². The molecule has 0 aromatic rings. The lowest BCUT2D eigenvalue weighted by Crippen LogP contribution is -2.43. The topological polar surface area (TPSA) is 9.23 Å². The smallest absolute Gasteiger partial charge is 0.0711 e. The van der Waals surface area contributed by atoms with Gasteiger partial charge in [0.05, 0.1) is 13.7 Å². The van der Waals surface area contributed by atoms with E-state index in [9.17, 15) is 0 Å². The lowest BCUT2D eigenvalue weighted by molar-refractivity contribution is -0.0442. The molecule has 2 bridgehead atoms. The third kappa shape index (κ3) is 1.78. The second-order valence-electron chi connectivity index (χ2n) is 10.7. The summed E-state index contributed by atoms with van der Waals surface area (Å²) in [5, 5.41) is 1.09. The fraction of sp³-hybridized carbons (Fsp3) is 1.00. The first-order chi connectivity index (χ1) is 9.39. The van der Waals surface area contributed by atoms with Crippen LogP contribution in [0.25, 0.3) is 0 Å². The summed E-state index contributed by atoms with van der Waals surface area (Å²) >= 11 is 0. The number of fused-ring (bicyclic) bond motifs is 5. The minimum absolute atomic E-state index is 0.0723. The predicted molar refractivity (Wildman–Crippen MR) is 93.5 cm³/mol. The molecule has 0 unspecified atom stereocenters. The Kier molecular flexibility index (Phi) is 3.19. The fourth-order valence-corrected chi connectivity index (χ4v) is 17.8. The van der Waals surface area contributed by atoms with Crippen LogP contribution in [0.3, 0.4) is 0 Å². The van der Waals surface area contributed by atoms with Crippen molar-refractivity contribution in [1.29, 1.82) is 0 Å². The zero-order valence-electron chi connectivity index (χ0n) is 15.7. The van der Waals surface area contributed by atoms with Gasteiger partial charge in [-0.15, -0.1) is 0 Å². The number of methoxy groups -OCH3 is 1. The van der Waals surface area contributed by atoms with Gasteiger partial charge in [-0.1, -0.05) is 41.5 Å². The van der Waals surface area contributed by atoms with Crippen LogP contribution in [0.5, 0.6) is 0 Å². The van der Waals surface area contributed by atoms with Crippen LogP contribution in [-0.2, 0) is 4.74 Å². The van der Waals surface area contributed by atoms with E-state index in [1.165, 1.54) is 12.8 Å². The summed E-state index contributed by atoms with van der Waals surface area (Å²) in [5.74, 6) is 2.78. The van der Waals surface area contributed by atoms with Crippen molar-refractivity contribution in [3.63, 3.8) is 0 Å². The van der Waals surface area contributed by atoms with E-state index < -0.39 is 8.07 Å². The van der Waals surface area contributed by atoms with E-state index in [-0.39, 0.29) is 5.60 Å². The highest BCUT2D eigenvalue weighted by molar-refractivity contribution is 6.97. The number of rotatable bonds is 2. The molecule has 3 fully saturated rings. The van der Waals surface area contributed by atoms with Crippen LogP contribution in [0.15, 0.2) is 0 Å². The first kappa shape index (κ1) is 16.0. The molecular weight excluding hydrogens is 272 g/mol. The molecule has 0 spiro atoms.